The number of para-hydroxylation sites is 2. The maximum atomic E-state index is 6.33. The van der Waals surface area contributed by atoms with E-state index in [0.717, 1.165) is 33.5 Å². The summed E-state index contributed by atoms with van der Waals surface area (Å²) >= 11 is 3.69. The predicted molar refractivity (Wildman–Crippen MR) is 118 cm³/mol. The van der Waals surface area contributed by atoms with Crippen molar-refractivity contribution in [3.05, 3.63) is 130 Å². The summed E-state index contributed by atoms with van der Waals surface area (Å²) in [6.07, 6.45) is 12.0. The Morgan fingerprint density at radius 2 is 1.50 bits per heavy atom. The second kappa shape index (κ2) is 6.96. The molecule has 2 aliphatic rings. The molecule has 0 radical (unpaired) electrons. The summed E-state index contributed by atoms with van der Waals surface area (Å²) in [4.78, 5) is 0. The van der Waals surface area contributed by atoms with Crippen LogP contribution in [0.5, 0.6) is 11.5 Å². The lowest BCUT2D eigenvalue weighted by Crippen LogP contribution is -2.34. The number of rotatable bonds is 2. The molecular weight excluding hydrogens is 408 g/mol. The summed E-state index contributed by atoms with van der Waals surface area (Å²) in [5.41, 5.74) is 4.34. The zero-order valence-electron chi connectivity index (χ0n) is 15.3. The summed E-state index contributed by atoms with van der Waals surface area (Å²) in [5.74, 6) is 1.81. The van der Waals surface area contributed by atoms with E-state index in [1.807, 2.05) is 12.1 Å². The van der Waals surface area contributed by atoms with Crippen LogP contribution in [-0.4, -0.2) is 0 Å². The van der Waals surface area contributed by atoms with Gasteiger partial charge in [0.1, 0.15) is 11.5 Å². The van der Waals surface area contributed by atoms with Gasteiger partial charge in [0.15, 0.2) is 0 Å². The average Bonchev–Trinajstić information content (AvgIpc) is 3.02. The molecule has 1 aliphatic carbocycles. The number of allylic oxidation sites excluding steroid dienone is 6. The number of fused-ring (bicyclic) bond motifs is 2. The van der Waals surface area contributed by atoms with E-state index >= 15 is 0 Å². The molecule has 1 aliphatic heterocycles. The molecule has 1 heterocycles. The van der Waals surface area contributed by atoms with Crippen molar-refractivity contribution in [1.29, 1.82) is 0 Å². The van der Waals surface area contributed by atoms with Gasteiger partial charge in [0.2, 0.25) is 0 Å². The van der Waals surface area contributed by atoms with Crippen molar-refractivity contribution in [3.8, 4) is 11.5 Å². The Morgan fingerprint density at radius 3 is 2.21 bits per heavy atom. The van der Waals surface area contributed by atoms with Crippen molar-refractivity contribution >= 4 is 15.9 Å². The van der Waals surface area contributed by atoms with Gasteiger partial charge in [0, 0.05) is 15.6 Å². The number of hydrogen-bond acceptors (Lipinski definition) is 1. The molecule has 0 unspecified atom stereocenters. The number of ether oxygens (including phenoxy) is 1. The highest BCUT2D eigenvalue weighted by Crippen LogP contribution is 2.55. The fourth-order valence-electron chi connectivity index (χ4n) is 4.33. The molecule has 0 atom stereocenters. The molecule has 0 amide bonds. The van der Waals surface area contributed by atoms with Gasteiger partial charge < -0.3 is 4.74 Å². The van der Waals surface area contributed by atoms with Gasteiger partial charge in [-0.15, -0.1) is 0 Å². The van der Waals surface area contributed by atoms with E-state index in [1.165, 1.54) is 11.1 Å². The molecular formula is C26H19BrO. The molecule has 136 valence electrons. The Bertz CT molecular complexity index is 1090. The van der Waals surface area contributed by atoms with Crippen LogP contribution in [0, 0.1) is 0 Å². The zero-order chi connectivity index (χ0) is 19.0. The molecule has 2 heteroatoms. The summed E-state index contributed by atoms with van der Waals surface area (Å²) in [5, 5.41) is 0. The first kappa shape index (κ1) is 17.3. The van der Waals surface area contributed by atoms with E-state index in [-0.39, 0.29) is 0 Å². The topological polar surface area (TPSA) is 9.23 Å². The lowest BCUT2D eigenvalue weighted by atomic mass is 9.63. The van der Waals surface area contributed by atoms with Crippen molar-refractivity contribution in [2.45, 2.75) is 11.8 Å². The van der Waals surface area contributed by atoms with Crippen LogP contribution in [0.25, 0.3) is 0 Å². The standard InChI is InChI=1S/C26H19BrO/c27-21-13-9-12-20(18-21)26(19-10-3-1-2-4-11-19)22-14-5-7-16-24(22)28-25-17-8-6-15-23(25)26/h1,3-18H,2H2. The molecule has 3 aromatic rings. The molecule has 0 N–H and O–H groups in total. The molecule has 0 spiro atoms. The van der Waals surface area contributed by atoms with Crippen LogP contribution in [-0.2, 0) is 5.41 Å². The van der Waals surface area contributed by atoms with Gasteiger partial charge in [-0.2, -0.15) is 0 Å². The largest absolute Gasteiger partial charge is 0.457 e. The minimum atomic E-state index is -0.444. The smallest absolute Gasteiger partial charge is 0.132 e. The SMILES string of the molecule is Brc1cccc(C2(C3=CC=CCC=C3)c3ccccc3Oc3ccccc32)c1. The fraction of sp³-hybridized carbons (Fsp3) is 0.0769. The van der Waals surface area contributed by atoms with Crippen molar-refractivity contribution in [1.82, 2.24) is 0 Å². The highest BCUT2D eigenvalue weighted by Gasteiger charge is 2.45. The van der Waals surface area contributed by atoms with Crippen LogP contribution in [0.2, 0.25) is 0 Å². The van der Waals surface area contributed by atoms with Gasteiger partial charge in [-0.05, 0) is 41.8 Å². The lowest BCUT2D eigenvalue weighted by molar-refractivity contribution is 0.434. The van der Waals surface area contributed by atoms with Gasteiger partial charge in [-0.1, -0.05) is 94.8 Å². The maximum absolute atomic E-state index is 6.33. The van der Waals surface area contributed by atoms with E-state index in [0.29, 0.717) is 0 Å². The fourth-order valence-corrected chi connectivity index (χ4v) is 4.73. The van der Waals surface area contributed by atoms with E-state index < -0.39 is 5.41 Å². The first-order valence-corrected chi connectivity index (χ1v) is 10.3. The molecule has 0 saturated heterocycles. The molecule has 0 saturated carbocycles. The Balaban J connectivity index is 1.95. The predicted octanol–water partition coefficient (Wildman–Crippen LogP) is 7.33. The van der Waals surface area contributed by atoms with E-state index in [1.54, 1.807) is 0 Å². The van der Waals surface area contributed by atoms with Crippen LogP contribution in [0.1, 0.15) is 23.1 Å². The van der Waals surface area contributed by atoms with Crippen LogP contribution in [0.4, 0.5) is 0 Å². The third-order valence-corrected chi connectivity index (χ3v) is 5.97. The monoisotopic (exact) mass is 426 g/mol. The van der Waals surface area contributed by atoms with Crippen molar-refractivity contribution in [2.75, 3.05) is 0 Å². The Kier molecular flexibility index (Phi) is 4.29. The van der Waals surface area contributed by atoms with Gasteiger partial charge in [0.25, 0.3) is 0 Å². The molecule has 3 aromatic carbocycles. The van der Waals surface area contributed by atoms with Gasteiger partial charge >= 0.3 is 0 Å². The Hall–Kier alpha value is -2.84. The van der Waals surface area contributed by atoms with E-state index in [2.05, 4.69) is 107 Å². The van der Waals surface area contributed by atoms with Gasteiger partial charge in [0.05, 0.1) is 5.41 Å². The normalized spacial score (nSPS) is 16.4. The van der Waals surface area contributed by atoms with Crippen LogP contribution in [0.15, 0.2) is 113 Å². The summed E-state index contributed by atoms with van der Waals surface area (Å²) < 4.78 is 7.39. The highest BCUT2D eigenvalue weighted by atomic mass is 79.9. The van der Waals surface area contributed by atoms with Crippen molar-refractivity contribution in [3.63, 3.8) is 0 Å². The van der Waals surface area contributed by atoms with Crippen molar-refractivity contribution < 1.29 is 4.74 Å². The Morgan fingerprint density at radius 1 is 0.786 bits per heavy atom. The number of halogens is 1. The second-order valence-electron chi connectivity index (χ2n) is 7.04. The third-order valence-electron chi connectivity index (χ3n) is 5.47. The van der Waals surface area contributed by atoms with Crippen molar-refractivity contribution in [2.24, 2.45) is 0 Å². The average molecular weight is 427 g/mol. The summed E-state index contributed by atoms with van der Waals surface area (Å²) in [6.45, 7) is 0. The molecule has 1 nitrogen and oxygen atoms in total. The van der Waals surface area contributed by atoms with E-state index in [4.69, 9.17) is 4.74 Å². The summed E-state index contributed by atoms with van der Waals surface area (Å²) in [6, 6.07) is 25.4. The minimum absolute atomic E-state index is 0.444. The first-order chi connectivity index (χ1) is 13.8. The van der Waals surface area contributed by atoms with Crippen LogP contribution in [0.3, 0.4) is 0 Å². The van der Waals surface area contributed by atoms with E-state index in [9.17, 15) is 0 Å². The quantitative estimate of drug-likeness (QED) is 0.416. The second-order valence-corrected chi connectivity index (χ2v) is 7.96. The third kappa shape index (κ3) is 2.60. The molecule has 0 bridgehead atoms. The lowest BCUT2D eigenvalue weighted by Gasteiger charge is -2.42. The van der Waals surface area contributed by atoms with Gasteiger partial charge in [-0.25, -0.2) is 0 Å². The Labute approximate surface area is 173 Å². The number of hydrogen-bond donors (Lipinski definition) is 0. The highest BCUT2D eigenvalue weighted by molar-refractivity contribution is 9.10. The van der Waals surface area contributed by atoms with Crippen LogP contribution >= 0.6 is 15.9 Å². The summed E-state index contributed by atoms with van der Waals surface area (Å²) in [7, 11) is 0. The zero-order valence-corrected chi connectivity index (χ0v) is 16.9. The van der Waals surface area contributed by atoms with Gasteiger partial charge in [-0.3, -0.25) is 0 Å². The molecule has 0 aromatic heterocycles. The first-order valence-electron chi connectivity index (χ1n) is 9.47. The molecule has 0 fully saturated rings. The minimum Gasteiger partial charge on any atom is -0.457 e. The number of benzene rings is 3. The maximum Gasteiger partial charge on any atom is 0.132 e. The molecule has 28 heavy (non-hydrogen) atoms. The van der Waals surface area contributed by atoms with Crippen LogP contribution < -0.4 is 4.74 Å². The molecule has 5 rings (SSSR count).